The molecule has 0 amide bonds. The fourth-order valence-electron chi connectivity index (χ4n) is 0.831. The maximum atomic E-state index is 5.23. The molecule has 0 fully saturated rings. The average Bonchev–Trinajstić information content (AvgIpc) is 2.16. The predicted octanol–water partition coefficient (Wildman–Crippen LogP) is 2.20. The highest BCUT2D eigenvalue weighted by atomic mass is 79.9. The number of anilines is 1. The molecule has 0 aliphatic carbocycles. The van der Waals surface area contributed by atoms with Gasteiger partial charge < -0.3 is 10.1 Å². The molecule has 0 atom stereocenters. The third-order valence-corrected chi connectivity index (χ3v) is 1.64. The molecular formula is C9H12BrN3O. The molecule has 0 radical (unpaired) electrons. The van der Waals surface area contributed by atoms with Crippen molar-refractivity contribution in [3.63, 3.8) is 0 Å². The lowest BCUT2D eigenvalue weighted by molar-refractivity contribution is 0.326. The molecule has 0 spiro atoms. The van der Waals surface area contributed by atoms with Crippen LogP contribution in [0.5, 0.6) is 5.88 Å². The summed E-state index contributed by atoms with van der Waals surface area (Å²) in [7, 11) is 0. The molecule has 1 aromatic heterocycles. The summed E-state index contributed by atoms with van der Waals surface area (Å²) < 4.78 is 6.08. The molecular weight excluding hydrogens is 246 g/mol. The van der Waals surface area contributed by atoms with Gasteiger partial charge >= 0.3 is 0 Å². The second kappa shape index (κ2) is 5.59. The van der Waals surface area contributed by atoms with Gasteiger partial charge in [0, 0.05) is 23.3 Å². The van der Waals surface area contributed by atoms with Crippen molar-refractivity contribution in [1.82, 2.24) is 9.97 Å². The van der Waals surface area contributed by atoms with Crippen LogP contribution in [0.25, 0.3) is 0 Å². The van der Waals surface area contributed by atoms with E-state index in [-0.39, 0.29) is 0 Å². The summed E-state index contributed by atoms with van der Waals surface area (Å²) in [5.41, 5.74) is 0. The normalized spacial score (nSPS) is 9.57. The predicted molar refractivity (Wildman–Crippen MR) is 59.8 cm³/mol. The van der Waals surface area contributed by atoms with Crippen LogP contribution in [-0.2, 0) is 0 Å². The number of halogens is 1. The van der Waals surface area contributed by atoms with E-state index in [2.05, 4.69) is 37.8 Å². The first-order valence-corrected chi connectivity index (χ1v) is 5.04. The first kappa shape index (κ1) is 11.0. The van der Waals surface area contributed by atoms with Gasteiger partial charge in [-0.25, -0.2) is 4.98 Å². The molecule has 0 unspecified atom stereocenters. The summed E-state index contributed by atoms with van der Waals surface area (Å²) in [6.45, 7) is 6.80. The van der Waals surface area contributed by atoms with Gasteiger partial charge in [-0.15, -0.1) is 0 Å². The van der Waals surface area contributed by atoms with Crippen LogP contribution in [0.4, 0.5) is 5.95 Å². The van der Waals surface area contributed by atoms with Gasteiger partial charge in [-0.2, -0.15) is 4.98 Å². The van der Waals surface area contributed by atoms with Crippen LogP contribution < -0.4 is 10.1 Å². The van der Waals surface area contributed by atoms with E-state index >= 15 is 0 Å². The topological polar surface area (TPSA) is 47.0 Å². The Kier molecular flexibility index (Phi) is 4.39. The summed E-state index contributed by atoms with van der Waals surface area (Å²) in [6.07, 6.45) is 1.65. The third kappa shape index (κ3) is 3.74. The molecule has 1 rings (SSSR count). The van der Waals surface area contributed by atoms with Crippen molar-refractivity contribution in [3.05, 3.63) is 23.3 Å². The van der Waals surface area contributed by atoms with Crippen LogP contribution in [-0.4, -0.2) is 23.1 Å². The quantitative estimate of drug-likeness (QED) is 0.879. The standard InChI is InChI=1S/C9H12BrN3O/c1-3-14-8-4-5-11-9(13-8)12-6-7(2)10/h4-5H,2-3,6H2,1H3,(H,11,12,13). The zero-order valence-electron chi connectivity index (χ0n) is 7.96. The van der Waals surface area contributed by atoms with Crippen molar-refractivity contribution in [2.75, 3.05) is 18.5 Å². The fourth-order valence-corrected chi connectivity index (χ4v) is 0.971. The van der Waals surface area contributed by atoms with Crippen LogP contribution >= 0.6 is 15.9 Å². The van der Waals surface area contributed by atoms with Crippen LogP contribution in [0.15, 0.2) is 23.3 Å². The summed E-state index contributed by atoms with van der Waals surface area (Å²) in [4.78, 5) is 8.16. The monoisotopic (exact) mass is 257 g/mol. The lowest BCUT2D eigenvalue weighted by Gasteiger charge is -2.05. The SMILES string of the molecule is C=C(Br)CNc1nccc(OCC)n1. The Hall–Kier alpha value is -1.10. The van der Waals surface area contributed by atoms with Crippen molar-refractivity contribution >= 4 is 21.9 Å². The van der Waals surface area contributed by atoms with Crippen LogP contribution in [0, 0.1) is 0 Å². The third-order valence-electron chi connectivity index (χ3n) is 1.36. The van der Waals surface area contributed by atoms with Gasteiger partial charge in [-0.3, -0.25) is 0 Å². The second-order valence-corrected chi connectivity index (χ2v) is 3.64. The van der Waals surface area contributed by atoms with Crippen molar-refractivity contribution < 1.29 is 4.74 Å². The summed E-state index contributed by atoms with van der Waals surface area (Å²) in [6, 6.07) is 1.72. The first-order chi connectivity index (χ1) is 6.72. The molecule has 1 N–H and O–H groups in total. The number of hydrogen-bond donors (Lipinski definition) is 1. The minimum absolute atomic E-state index is 0.538. The largest absolute Gasteiger partial charge is 0.478 e. The highest BCUT2D eigenvalue weighted by Crippen LogP contribution is 2.09. The van der Waals surface area contributed by atoms with Gasteiger partial charge in [0.25, 0.3) is 0 Å². The molecule has 0 bridgehead atoms. The van der Waals surface area contributed by atoms with Crippen molar-refractivity contribution in [2.45, 2.75) is 6.92 Å². The van der Waals surface area contributed by atoms with E-state index < -0.39 is 0 Å². The maximum Gasteiger partial charge on any atom is 0.226 e. The van der Waals surface area contributed by atoms with E-state index in [1.54, 1.807) is 12.3 Å². The summed E-state index contributed by atoms with van der Waals surface area (Å²) in [5, 5.41) is 2.99. The minimum atomic E-state index is 0.538. The Morgan fingerprint density at radius 2 is 2.50 bits per heavy atom. The lowest BCUT2D eigenvalue weighted by atomic mass is 10.6. The molecule has 0 aliphatic heterocycles. The first-order valence-electron chi connectivity index (χ1n) is 4.25. The number of rotatable bonds is 5. The number of nitrogens with zero attached hydrogens (tertiary/aromatic N) is 2. The van der Waals surface area contributed by atoms with Crippen LogP contribution in [0.2, 0.25) is 0 Å². The number of ether oxygens (including phenoxy) is 1. The van der Waals surface area contributed by atoms with Gasteiger partial charge in [0.1, 0.15) is 0 Å². The van der Waals surface area contributed by atoms with E-state index in [9.17, 15) is 0 Å². The molecule has 4 nitrogen and oxygen atoms in total. The van der Waals surface area contributed by atoms with Gasteiger partial charge in [-0.05, 0) is 6.92 Å². The highest BCUT2D eigenvalue weighted by molar-refractivity contribution is 9.11. The van der Waals surface area contributed by atoms with Gasteiger partial charge in [0.15, 0.2) is 0 Å². The number of aromatic nitrogens is 2. The molecule has 0 saturated heterocycles. The molecule has 0 aliphatic rings. The van der Waals surface area contributed by atoms with Crippen LogP contribution in [0.3, 0.4) is 0 Å². The zero-order valence-corrected chi connectivity index (χ0v) is 9.54. The summed E-state index contributed by atoms with van der Waals surface area (Å²) >= 11 is 3.24. The number of nitrogens with one attached hydrogen (secondary N) is 1. The number of hydrogen-bond acceptors (Lipinski definition) is 4. The molecule has 5 heteroatoms. The van der Waals surface area contributed by atoms with E-state index in [4.69, 9.17) is 4.74 Å². The van der Waals surface area contributed by atoms with Crippen molar-refractivity contribution in [3.8, 4) is 5.88 Å². The Morgan fingerprint density at radius 3 is 3.14 bits per heavy atom. The van der Waals surface area contributed by atoms with E-state index in [0.717, 1.165) is 4.48 Å². The van der Waals surface area contributed by atoms with Gasteiger partial charge in [-0.1, -0.05) is 22.5 Å². The molecule has 76 valence electrons. The van der Waals surface area contributed by atoms with Gasteiger partial charge in [0.05, 0.1) is 6.61 Å². The Morgan fingerprint density at radius 1 is 1.71 bits per heavy atom. The Balaban J connectivity index is 2.58. The van der Waals surface area contributed by atoms with E-state index in [1.165, 1.54) is 0 Å². The highest BCUT2D eigenvalue weighted by Gasteiger charge is 1.98. The molecule has 0 saturated carbocycles. The molecule has 0 aromatic carbocycles. The van der Waals surface area contributed by atoms with Crippen molar-refractivity contribution in [1.29, 1.82) is 0 Å². The molecule has 1 heterocycles. The van der Waals surface area contributed by atoms with Crippen molar-refractivity contribution in [2.24, 2.45) is 0 Å². The smallest absolute Gasteiger partial charge is 0.226 e. The molecule has 1 aromatic rings. The van der Waals surface area contributed by atoms with E-state index in [1.807, 2.05) is 6.92 Å². The summed E-state index contributed by atoms with van der Waals surface area (Å²) in [5.74, 6) is 1.11. The van der Waals surface area contributed by atoms with Crippen LogP contribution in [0.1, 0.15) is 6.92 Å². The minimum Gasteiger partial charge on any atom is -0.478 e. The zero-order chi connectivity index (χ0) is 10.4. The van der Waals surface area contributed by atoms with E-state index in [0.29, 0.717) is 25.0 Å². The average molecular weight is 258 g/mol. The molecule has 14 heavy (non-hydrogen) atoms. The fraction of sp³-hybridized carbons (Fsp3) is 0.333. The Bertz CT molecular complexity index is 317. The maximum absolute atomic E-state index is 5.23. The lowest BCUT2D eigenvalue weighted by Crippen LogP contribution is -2.05. The van der Waals surface area contributed by atoms with Gasteiger partial charge in [0.2, 0.25) is 11.8 Å². The second-order valence-electron chi connectivity index (χ2n) is 2.52. The Labute approximate surface area is 91.5 Å².